The van der Waals surface area contributed by atoms with Crippen molar-refractivity contribution in [3.8, 4) is 6.07 Å². The maximum absolute atomic E-state index is 11.4. The molecule has 1 aromatic rings. The van der Waals surface area contributed by atoms with Gasteiger partial charge in [-0.25, -0.2) is 13.2 Å². The first-order valence-electron chi connectivity index (χ1n) is 4.22. The van der Waals surface area contributed by atoms with Gasteiger partial charge in [0, 0.05) is 6.26 Å². The van der Waals surface area contributed by atoms with E-state index in [1.165, 1.54) is 19.2 Å². The van der Waals surface area contributed by atoms with Crippen molar-refractivity contribution in [2.45, 2.75) is 4.90 Å². The molecule has 0 radical (unpaired) electrons. The van der Waals surface area contributed by atoms with Crippen LogP contribution in [0.2, 0.25) is 0 Å². The van der Waals surface area contributed by atoms with Crippen LogP contribution < -0.4 is 0 Å². The van der Waals surface area contributed by atoms with Gasteiger partial charge in [-0.2, -0.15) is 5.26 Å². The number of methoxy groups -OCH3 is 1. The van der Waals surface area contributed by atoms with Gasteiger partial charge in [0.15, 0.2) is 9.84 Å². The highest BCUT2D eigenvalue weighted by Crippen LogP contribution is 2.17. The zero-order valence-corrected chi connectivity index (χ0v) is 9.54. The summed E-state index contributed by atoms with van der Waals surface area (Å²) in [4.78, 5) is 11.0. The molecular formula is C10H9NO4S. The highest BCUT2D eigenvalue weighted by atomic mass is 32.2. The van der Waals surface area contributed by atoms with Gasteiger partial charge in [0.25, 0.3) is 0 Å². The van der Waals surface area contributed by atoms with Gasteiger partial charge >= 0.3 is 5.97 Å². The number of ether oxygens (including phenoxy) is 1. The van der Waals surface area contributed by atoms with Crippen molar-refractivity contribution < 1.29 is 17.9 Å². The van der Waals surface area contributed by atoms with Gasteiger partial charge in [0.05, 0.1) is 23.1 Å². The molecule has 0 aliphatic carbocycles. The Kier molecular flexibility index (Phi) is 3.30. The molecule has 6 heteroatoms. The van der Waals surface area contributed by atoms with E-state index in [4.69, 9.17) is 5.26 Å². The molecule has 0 saturated carbocycles. The summed E-state index contributed by atoms with van der Waals surface area (Å²) in [6.45, 7) is 0. The summed E-state index contributed by atoms with van der Waals surface area (Å²) in [5.74, 6) is -0.644. The molecule has 0 aliphatic heterocycles. The van der Waals surface area contributed by atoms with Gasteiger partial charge in [0.1, 0.15) is 6.07 Å². The maximum atomic E-state index is 11.4. The van der Waals surface area contributed by atoms with Crippen LogP contribution in [-0.4, -0.2) is 27.8 Å². The topological polar surface area (TPSA) is 84.2 Å². The van der Waals surface area contributed by atoms with Gasteiger partial charge in [-0.3, -0.25) is 0 Å². The van der Waals surface area contributed by atoms with E-state index in [1.807, 2.05) is 0 Å². The van der Waals surface area contributed by atoms with Crippen LogP contribution in [0.4, 0.5) is 0 Å². The van der Waals surface area contributed by atoms with Crippen LogP contribution in [0.15, 0.2) is 23.1 Å². The Balaban J connectivity index is 3.47. The Hall–Kier alpha value is -1.87. The molecule has 16 heavy (non-hydrogen) atoms. The highest BCUT2D eigenvalue weighted by molar-refractivity contribution is 7.90. The fourth-order valence-corrected chi connectivity index (χ4v) is 2.02. The predicted molar refractivity (Wildman–Crippen MR) is 55.6 cm³/mol. The molecule has 0 bridgehead atoms. The van der Waals surface area contributed by atoms with Crippen LogP contribution in [0, 0.1) is 11.3 Å². The number of hydrogen-bond acceptors (Lipinski definition) is 5. The lowest BCUT2D eigenvalue weighted by Gasteiger charge is -2.04. The second-order valence-corrected chi connectivity index (χ2v) is 5.07. The maximum Gasteiger partial charge on any atom is 0.337 e. The number of carbonyl (C=O) groups is 1. The summed E-state index contributed by atoms with van der Waals surface area (Å²) in [6.07, 6.45) is 0.976. The van der Waals surface area contributed by atoms with E-state index in [9.17, 15) is 13.2 Å². The van der Waals surface area contributed by atoms with Crippen molar-refractivity contribution in [3.63, 3.8) is 0 Å². The Morgan fingerprint density at radius 3 is 2.50 bits per heavy atom. The Bertz CT molecular complexity index is 569. The summed E-state index contributed by atoms with van der Waals surface area (Å²) in [5.41, 5.74) is 0.108. The summed E-state index contributed by atoms with van der Waals surface area (Å²) in [6, 6.07) is 5.52. The number of sulfone groups is 1. The Morgan fingerprint density at radius 1 is 1.44 bits per heavy atom. The van der Waals surface area contributed by atoms with Crippen molar-refractivity contribution in [1.29, 1.82) is 5.26 Å². The molecule has 0 spiro atoms. The van der Waals surface area contributed by atoms with Crippen molar-refractivity contribution in [1.82, 2.24) is 0 Å². The largest absolute Gasteiger partial charge is 0.465 e. The first kappa shape index (κ1) is 12.2. The number of hydrogen-bond donors (Lipinski definition) is 0. The van der Waals surface area contributed by atoms with Gasteiger partial charge < -0.3 is 4.74 Å². The molecule has 5 nitrogen and oxygen atoms in total. The van der Waals surface area contributed by atoms with E-state index in [1.54, 1.807) is 6.07 Å². The third-order valence-electron chi connectivity index (χ3n) is 1.92. The summed E-state index contributed by atoms with van der Waals surface area (Å²) in [7, 11) is -2.34. The van der Waals surface area contributed by atoms with E-state index in [0.717, 1.165) is 12.3 Å². The first-order chi connectivity index (χ1) is 7.40. The molecule has 0 atom stereocenters. The first-order valence-corrected chi connectivity index (χ1v) is 6.12. The molecular weight excluding hydrogens is 230 g/mol. The fourth-order valence-electron chi connectivity index (χ4n) is 1.17. The predicted octanol–water partition coefficient (Wildman–Crippen LogP) is 0.748. The minimum Gasteiger partial charge on any atom is -0.465 e. The van der Waals surface area contributed by atoms with E-state index in [0.29, 0.717) is 0 Å². The SMILES string of the molecule is COC(=O)c1ccc(C#N)c(S(C)(=O)=O)c1. The van der Waals surface area contributed by atoms with Crippen molar-refractivity contribution in [2.75, 3.05) is 13.4 Å². The lowest BCUT2D eigenvalue weighted by molar-refractivity contribution is 0.0600. The number of rotatable bonds is 2. The van der Waals surface area contributed by atoms with E-state index in [2.05, 4.69) is 4.74 Å². The monoisotopic (exact) mass is 239 g/mol. The van der Waals surface area contributed by atoms with Crippen LogP contribution >= 0.6 is 0 Å². The smallest absolute Gasteiger partial charge is 0.337 e. The highest BCUT2D eigenvalue weighted by Gasteiger charge is 2.16. The molecule has 0 aliphatic rings. The number of esters is 1. The molecule has 0 heterocycles. The molecule has 0 aromatic heterocycles. The fraction of sp³-hybridized carbons (Fsp3) is 0.200. The van der Waals surface area contributed by atoms with E-state index < -0.39 is 15.8 Å². The molecule has 0 saturated heterocycles. The quantitative estimate of drug-likeness (QED) is 0.711. The summed E-state index contributed by atoms with van der Waals surface area (Å²) >= 11 is 0. The summed E-state index contributed by atoms with van der Waals surface area (Å²) < 4.78 is 27.2. The van der Waals surface area contributed by atoms with E-state index in [-0.39, 0.29) is 16.0 Å². The molecule has 84 valence electrons. The molecule has 0 amide bonds. The molecule has 0 fully saturated rings. The van der Waals surface area contributed by atoms with Gasteiger partial charge in [-0.1, -0.05) is 0 Å². The van der Waals surface area contributed by atoms with Crippen molar-refractivity contribution in [3.05, 3.63) is 29.3 Å². The third kappa shape index (κ3) is 2.38. The van der Waals surface area contributed by atoms with Crippen LogP contribution in [0.25, 0.3) is 0 Å². The molecule has 0 unspecified atom stereocenters. The number of carbonyl (C=O) groups excluding carboxylic acids is 1. The van der Waals surface area contributed by atoms with E-state index >= 15 is 0 Å². The number of benzene rings is 1. The zero-order valence-electron chi connectivity index (χ0n) is 8.72. The normalized spacial score (nSPS) is 10.6. The Labute approximate surface area is 93.2 Å². The lowest BCUT2D eigenvalue weighted by Crippen LogP contribution is -2.06. The lowest BCUT2D eigenvalue weighted by atomic mass is 10.1. The molecule has 0 N–H and O–H groups in total. The van der Waals surface area contributed by atoms with Gasteiger partial charge in [-0.15, -0.1) is 0 Å². The Morgan fingerprint density at radius 2 is 2.06 bits per heavy atom. The van der Waals surface area contributed by atoms with Crippen LogP contribution in [0.3, 0.4) is 0 Å². The molecule has 1 aromatic carbocycles. The summed E-state index contributed by atoms with van der Waals surface area (Å²) in [5, 5.41) is 8.74. The standard InChI is InChI=1S/C10H9NO4S/c1-15-10(12)7-3-4-8(6-11)9(5-7)16(2,13)14/h3-5H,1-2H3. The number of nitriles is 1. The van der Waals surface area contributed by atoms with Crippen molar-refractivity contribution >= 4 is 15.8 Å². The van der Waals surface area contributed by atoms with Crippen molar-refractivity contribution in [2.24, 2.45) is 0 Å². The number of nitrogens with zero attached hydrogens (tertiary/aromatic N) is 1. The minimum atomic E-state index is -3.54. The van der Waals surface area contributed by atoms with Gasteiger partial charge in [0.2, 0.25) is 0 Å². The average molecular weight is 239 g/mol. The zero-order chi connectivity index (χ0) is 12.3. The third-order valence-corrected chi connectivity index (χ3v) is 3.06. The van der Waals surface area contributed by atoms with Gasteiger partial charge in [-0.05, 0) is 18.2 Å². The van der Waals surface area contributed by atoms with Crippen LogP contribution in [0.1, 0.15) is 15.9 Å². The van der Waals surface area contributed by atoms with Crippen LogP contribution in [0.5, 0.6) is 0 Å². The minimum absolute atomic E-state index is 0.00940. The average Bonchev–Trinajstić information content (AvgIpc) is 2.26. The molecule has 1 rings (SSSR count). The second-order valence-electron chi connectivity index (χ2n) is 3.09. The second kappa shape index (κ2) is 4.33. The van der Waals surface area contributed by atoms with Crippen LogP contribution in [-0.2, 0) is 14.6 Å².